The van der Waals surface area contributed by atoms with Crippen molar-refractivity contribution >= 4 is 17.5 Å². The van der Waals surface area contributed by atoms with Crippen LogP contribution in [0.5, 0.6) is 0 Å². The van der Waals surface area contributed by atoms with Gasteiger partial charge in [0.1, 0.15) is 0 Å². The van der Waals surface area contributed by atoms with Crippen LogP contribution < -0.4 is 21.3 Å². The molecule has 0 saturated heterocycles. The Hall–Kier alpha value is -2.08. The van der Waals surface area contributed by atoms with E-state index in [4.69, 9.17) is 5.73 Å². The third kappa shape index (κ3) is 6.27. The number of carbonyl (C=O) groups is 2. The summed E-state index contributed by atoms with van der Waals surface area (Å²) in [6.45, 7) is 6.10. The molecule has 21 heavy (non-hydrogen) atoms. The smallest absolute Gasteiger partial charge is 0.239 e. The molecule has 0 aromatic heterocycles. The highest BCUT2D eigenvalue weighted by atomic mass is 16.2. The molecule has 0 fully saturated rings. The van der Waals surface area contributed by atoms with Gasteiger partial charge < -0.3 is 21.3 Å². The Morgan fingerprint density at radius 2 is 2.00 bits per heavy atom. The van der Waals surface area contributed by atoms with E-state index in [0.29, 0.717) is 6.54 Å². The van der Waals surface area contributed by atoms with E-state index in [1.165, 1.54) is 5.56 Å². The molecule has 0 atom stereocenters. The lowest BCUT2D eigenvalue weighted by molar-refractivity contribution is -0.125. The fourth-order valence-electron chi connectivity index (χ4n) is 1.94. The topological polar surface area (TPSA) is 87.5 Å². The molecule has 6 nitrogen and oxygen atoms in total. The van der Waals surface area contributed by atoms with Crippen LogP contribution in [0, 0.1) is 6.92 Å². The minimum atomic E-state index is -0.333. The van der Waals surface area contributed by atoms with Crippen molar-refractivity contribution in [3.8, 4) is 0 Å². The zero-order valence-electron chi connectivity index (χ0n) is 12.7. The fraction of sp³-hybridized carbons (Fsp3) is 0.467. The first-order valence-corrected chi connectivity index (χ1v) is 7.12. The normalized spacial score (nSPS) is 10.0. The van der Waals surface area contributed by atoms with Crippen LogP contribution >= 0.6 is 0 Å². The molecule has 0 bridgehead atoms. The molecule has 116 valence electrons. The maximum Gasteiger partial charge on any atom is 0.239 e. The Morgan fingerprint density at radius 1 is 1.24 bits per heavy atom. The van der Waals surface area contributed by atoms with Gasteiger partial charge in [-0.2, -0.15) is 0 Å². The summed E-state index contributed by atoms with van der Waals surface area (Å²) in [5.74, 6) is -0.544. The van der Waals surface area contributed by atoms with Crippen molar-refractivity contribution in [1.82, 2.24) is 10.6 Å². The summed E-state index contributed by atoms with van der Waals surface area (Å²) in [4.78, 5) is 24.7. The average molecular weight is 292 g/mol. The Morgan fingerprint density at radius 3 is 2.62 bits per heavy atom. The summed E-state index contributed by atoms with van der Waals surface area (Å²) < 4.78 is 0. The molecule has 1 aromatic rings. The van der Waals surface area contributed by atoms with Gasteiger partial charge in [-0.1, -0.05) is 12.1 Å². The second-order valence-corrected chi connectivity index (χ2v) is 4.75. The maximum absolute atomic E-state index is 11.5. The largest absolute Gasteiger partial charge is 0.370 e. The zero-order valence-corrected chi connectivity index (χ0v) is 12.7. The summed E-state index contributed by atoms with van der Waals surface area (Å²) >= 11 is 0. The fourth-order valence-corrected chi connectivity index (χ4v) is 1.94. The van der Waals surface area contributed by atoms with Crippen molar-refractivity contribution in [2.24, 2.45) is 5.73 Å². The van der Waals surface area contributed by atoms with Crippen molar-refractivity contribution in [1.29, 1.82) is 0 Å². The molecule has 0 heterocycles. The minimum absolute atomic E-state index is 0.0351. The second-order valence-electron chi connectivity index (χ2n) is 4.75. The Labute approximate surface area is 125 Å². The van der Waals surface area contributed by atoms with Crippen LogP contribution in [0.3, 0.4) is 0 Å². The number of nitrogens with zero attached hydrogens (tertiary/aromatic N) is 1. The molecule has 1 rings (SSSR count). The number of nitrogens with two attached hydrogens (primary N) is 1. The number of amides is 2. The number of benzene rings is 1. The predicted molar refractivity (Wildman–Crippen MR) is 84.1 cm³/mol. The maximum atomic E-state index is 11.5. The molecule has 0 aliphatic heterocycles. The molecule has 0 saturated carbocycles. The lowest BCUT2D eigenvalue weighted by Gasteiger charge is -2.23. The van der Waals surface area contributed by atoms with Gasteiger partial charge in [0.15, 0.2) is 0 Å². The van der Waals surface area contributed by atoms with Gasteiger partial charge in [-0.3, -0.25) is 9.59 Å². The Kier molecular flexibility index (Phi) is 7.25. The standard InChI is InChI=1S/C15H24N4O2/c1-3-19(13-6-4-5-12(2)9-13)8-7-17-15(21)11-18-14(20)10-16/h4-6,9H,3,7-8,10-11,16H2,1-2H3,(H,17,21)(H,18,20). The summed E-state index contributed by atoms with van der Waals surface area (Å²) in [6, 6.07) is 8.25. The first kappa shape index (κ1) is 17.0. The van der Waals surface area contributed by atoms with E-state index in [9.17, 15) is 9.59 Å². The number of rotatable bonds is 8. The van der Waals surface area contributed by atoms with Crippen molar-refractivity contribution in [2.75, 3.05) is 37.6 Å². The number of nitrogens with one attached hydrogen (secondary N) is 2. The lowest BCUT2D eigenvalue weighted by atomic mass is 10.2. The van der Waals surface area contributed by atoms with Gasteiger partial charge in [0, 0.05) is 25.3 Å². The first-order chi connectivity index (χ1) is 10.1. The van der Waals surface area contributed by atoms with Crippen LogP contribution in [0.4, 0.5) is 5.69 Å². The van der Waals surface area contributed by atoms with Gasteiger partial charge in [0.05, 0.1) is 13.1 Å². The monoisotopic (exact) mass is 292 g/mol. The van der Waals surface area contributed by atoms with Crippen LogP contribution in [0.15, 0.2) is 24.3 Å². The number of hydrogen-bond acceptors (Lipinski definition) is 4. The summed E-state index contributed by atoms with van der Waals surface area (Å²) in [5.41, 5.74) is 7.49. The zero-order chi connectivity index (χ0) is 15.7. The van der Waals surface area contributed by atoms with Crippen LogP contribution in [0.25, 0.3) is 0 Å². The van der Waals surface area contributed by atoms with Crippen molar-refractivity contribution in [3.05, 3.63) is 29.8 Å². The Bertz CT molecular complexity index is 476. The summed E-state index contributed by atoms with van der Waals surface area (Å²) in [5, 5.41) is 5.21. The quantitative estimate of drug-likeness (QED) is 0.630. The highest BCUT2D eigenvalue weighted by molar-refractivity contribution is 5.85. The number of aryl methyl sites for hydroxylation is 1. The molecular formula is C15H24N4O2. The Balaban J connectivity index is 2.35. The molecule has 0 unspecified atom stereocenters. The number of anilines is 1. The second kappa shape index (κ2) is 8.97. The molecular weight excluding hydrogens is 268 g/mol. The third-order valence-electron chi connectivity index (χ3n) is 3.08. The molecule has 6 heteroatoms. The van der Waals surface area contributed by atoms with E-state index < -0.39 is 0 Å². The van der Waals surface area contributed by atoms with Gasteiger partial charge >= 0.3 is 0 Å². The van der Waals surface area contributed by atoms with E-state index in [0.717, 1.165) is 18.8 Å². The van der Waals surface area contributed by atoms with Crippen LogP contribution in [0.2, 0.25) is 0 Å². The van der Waals surface area contributed by atoms with Crippen molar-refractivity contribution in [3.63, 3.8) is 0 Å². The van der Waals surface area contributed by atoms with Crippen LogP contribution in [-0.4, -0.2) is 44.5 Å². The van der Waals surface area contributed by atoms with E-state index in [-0.39, 0.29) is 24.9 Å². The highest BCUT2D eigenvalue weighted by Crippen LogP contribution is 2.14. The molecule has 1 aromatic carbocycles. The molecule has 0 aliphatic carbocycles. The number of hydrogen-bond donors (Lipinski definition) is 3. The van der Waals surface area contributed by atoms with Gasteiger partial charge in [-0.25, -0.2) is 0 Å². The van der Waals surface area contributed by atoms with Crippen LogP contribution in [-0.2, 0) is 9.59 Å². The minimum Gasteiger partial charge on any atom is -0.370 e. The van der Waals surface area contributed by atoms with Gasteiger partial charge in [-0.15, -0.1) is 0 Å². The molecule has 4 N–H and O–H groups in total. The predicted octanol–water partition coefficient (Wildman–Crippen LogP) is 0.0124. The van der Waals surface area contributed by atoms with E-state index >= 15 is 0 Å². The highest BCUT2D eigenvalue weighted by Gasteiger charge is 2.06. The summed E-state index contributed by atoms with van der Waals surface area (Å²) in [7, 11) is 0. The molecule has 2 amide bonds. The molecule has 0 spiro atoms. The first-order valence-electron chi connectivity index (χ1n) is 7.12. The van der Waals surface area contributed by atoms with Gasteiger partial charge in [0.2, 0.25) is 11.8 Å². The molecule has 0 aliphatic rings. The van der Waals surface area contributed by atoms with Crippen LogP contribution in [0.1, 0.15) is 12.5 Å². The lowest BCUT2D eigenvalue weighted by Crippen LogP contribution is -2.42. The average Bonchev–Trinajstić information content (AvgIpc) is 2.49. The van der Waals surface area contributed by atoms with Crippen molar-refractivity contribution < 1.29 is 9.59 Å². The number of likely N-dealkylation sites (N-methyl/N-ethyl adjacent to an activating group) is 1. The van der Waals surface area contributed by atoms with Gasteiger partial charge in [0.25, 0.3) is 0 Å². The number of carbonyl (C=O) groups excluding carboxylic acids is 2. The van der Waals surface area contributed by atoms with E-state index in [1.54, 1.807) is 0 Å². The third-order valence-corrected chi connectivity index (χ3v) is 3.08. The summed E-state index contributed by atoms with van der Waals surface area (Å²) in [6.07, 6.45) is 0. The van der Waals surface area contributed by atoms with E-state index in [2.05, 4.69) is 47.6 Å². The van der Waals surface area contributed by atoms with Gasteiger partial charge in [-0.05, 0) is 31.5 Å². The van der Waals surface area contributed by atoms with E-state index in [1.807, 2.05) is 6.07 Å². The molecule has 0 radical (unpaired) electrons. The SMILES string of the molecule is CCN(CCNC(=O)CNC(=O)CN)c1cccc(C)c1. The van der Waals surface area contributed by atoms with Crippen molar-refractivity contribution in [2.45, 2.75) is 13.8 Å².